The Balaban J connectivity index is 1.40. The van der Waals surface area contributed by atoms with E-state index in [0.717, 1.165) is 17.7 Å². The van der Waals surface area contributed by atoms with Gasteiger partial charge in [-0.15, -0.1) is 5.10 Å². The summed E-state index contributed by atoms with van der Waals surface area (Å²) < 4.78 is 44.3. The van der Waals surface area contributed by atoms with Crippen LogP contribution < -0.4 is 5.32 Å². The highest BCUT2D eigenvalue weighted by Crippen LogP contribution is 2.32. The minimum atomic E-state index is -4.44. The van der Waals surface area contributed by atoms with E-state index < -0.39 is 17.0 Å². The van der Waals surface area contributed by atoms with Gasteiger partial charge in [0.05, 0.1) is 27.1 Å². The van der Waals surface area contributed by atoms with Gasteiger partial charge in [0.1, 0.15) is 11.5 Å². The van der Waals surface area contributed by atoms with Gasteiger partial charge in [-0.2, -0.15) is 18.3 Å². The van der Waals surface area contributed by atoms with Crippen molar-refractivity contribution in [2.45, 2.75) is 17.8 Å². The molecule has 1 aliphatic rings. The number of nitrogens with one attached hydrogen (secondary N) is 1. The second kappa shape index (κ2) is 9.62. The van der Waals surface area contributed by atoms with Crippen molar-refractivity contribution >= 4 is 52.3 Å². The molecule has 4 rings (SSSR count). The third-order valence-electron chi connectivity index (χ3n) is 4.62. The van der Waals surface area contributed by atoms with Gasteiger partial charge in [0.25, 0.3) is 0 Å². The van der Waals surface area contributed by atoms with E-state index in [1.54, 1.807) is 30.3 Å². The number of amidine groups is 1. The molecule has 0 saturated carbocycles. The smallest absolute Gasteiger partial charge is 0.416 e. The lowest BCUT2D eigenvalue weighted by atomic mass is 10.1. The van der Waals surface area contributed by atoms with Gasteiger partial charge in [0, 0.05) is 5.56 Å². The number of hydrogen-bond donors (Lipinski definition) is 1. The van der Waals surface area contributed by atoms with Crippen molar-refractivity contribution in [3.63, 3.8) is 0 Å². The Morgan fingerprint density at radius 1 is 1.09 bits per heavy atom. The fourth-order valence-electron chi connectivity index (χ4n) is 3.03. The van der Waals surface area contributed by atoms with Gasteiger partial charge < -0.3 is 9.73 Å². The first kappa shape index (κ1) is 23.4. The summed E-state index contributed by atoms with van der Waals surface area (Å²) in [6.45, 7) is 0. The third kappa shape index (κ3) is 5.79. The Morgan fingerprint density at radius 2 is 1.91 bits per heavy atom. The molecule has 2 heterocycles. The molecule has 1 fully saturated rings. The average molecular weight is 512 g/mol. The van der Waals surface area contributed by atoms with Crippen molar-refractivity contribution in [1.82, 2.24) is 5.32 Å². The summed E-state index contributed by atoms with van der Waals surface area (Å²) in [5, 5.41) is 11.3. The molecular formula is C22H14Cl2F3N3O2S. The molecule has 1 saturated heterocycles. The van der Waals surface area contributed by atoms with E-state index in [1.807, 2.05) is 0 Å². The van der Waals surface area contributed by atoms with Gasteiger partial charge in [0.15, 0.2) is 5.17 Å². The van der Waals surface area contributed by atoms with Crippen LogP contribution in [-0.2, 0) is 17.4 Å². The van der Waals surface area contributed by atoms with Gasteiger partial charge in [-0.25, -0.2) is 0 Å². The SMILES string of the molecule is O=C1N/C(=N\N=C\c2ccc(-c3cccc(C(F)(F)F)c3)o2)SC1Cc1ccc(Cl)c(Cl)c1. The van der Waals surface area contributed by atoms with Crippen LogP contribution in [-0.4, -0.2) is 22.5 Å². The maximum atomic E-state index is 12.9. The molecule has 1 unspecified atom stereocenters. The zero-order chi connectivity index (χ0) is 23.6. The lowest BCUT2D eigenvalue weighted by Crippen LogP contribution is -2.25. The monoisotopic (exact) mass is 511 g/mol. The molecule has 2 aromatic carbocycles. The molecule has 0 aliphatic carbocycles. The minimum Gasteiger partial charge on any atom is -0.455 e. The summed E-state index contributed by atoms with van der Waals surface area (Å²) in [4.78, 5) is 12.2. The van der Waals surface area contributed by atoms with Crippen molar-refractivity contribution in [3.05, 3.63) is 81.5 Å². The molecule has 33 heavy (non-hydrogen) atoms. The van der Waals surface area contributed by atoms with Gasteiger partial charge in [0.2, 0.25) is 5.91 Å². The maximum Gasteiger partial charge on any atom is 0.416 e. The second-order valence-electron chi connectivity index (χ2n) is 6.98. The van der Waals surface area contributed by atoms with Gasteiger partial charge in [-0.3, -0.25) is 4.79 Å². The van der Waals surface area contributed by atoms with E-state index in [0.29, 0.717) is 33.0 Å². The summed E-state index contributed by atoms with van der Waals surface area (Å²) in [5.41, 5.74) is 0.390. The van der Waals surface area contributed by atoms with Crippen LogP contribution in [0, 0.1) is 0 Å². The fraction of sp³-hybridized carbons (Fsp3) is 0.136. The number of thioether (sulfide) groups is 1. The molecule has 5 nitrogen and oxygen atoms in total. The number of amides is 1. The van der Waals surface area contributed by atoms with E-state index in [-0.39, 0.29) is 11.7 Å². The molecule has 1 atom stereocenters. The summed E-state index contributed by atoms with van der Waals surface area (Å²) in [6, 6.07) is 13.1. The summed E-state index contributed by atoms with van der Waals surface area (Å²) in [6.07, 6.45) is -2.69. The highest BCUT2D eigenvalue weighted by atomic mass is 35.5. The molecule has 1 N–H and O–H groups in total. The van der Waals surface area contributed by atoms with Crippen molar-refractivity contribution in [2.24, 2.45) is 10.2 Å². The van der Waals surface area contributed by atoms with Gasteiger partial charge >= 0.3 is 6.18 Å². The van der Waals surface area contributed by atoms with Crippen LogP contribution in [0.4, 0.5) is 13.2 Å². The zero-order valence-electron chi connectivity index (χ0n) is 16.6. The topological polar surface area (TPSA) is 67.0 Å². The van der Waals surface area contributed by atoms with Crippen molar-refractivity contribution in [2.75, 3.05) is 0 Å². The Kier molecular flexibility index (Phi) is 6.83. The Labute approximate surface area is 200 Å². The third-order valence-corrected chi connectivity index (χ3v) is 6.43. The molecule has 1 amide bonds. The molecule has 0 bridgehead atoms. The Morgan fingerprint density at radius 3 is 2.67 bits per heavy atom. The number of carbonyl (C=O) groups excluding carboxylic acids is 1. The minimum absolute atomic E-state index is 0.204. The van der Waals surface area contributed by atoms with Crippen LogP contribution in [0.1, 0.15) is 16.9 Å². The zero-order valence-corrected chi connectivity index (χ0v) is 18.9. The van der Waals surface area contributed by atoms with Crippen molar-refractivity contribution < 1.29 is 22.4 Å². The van der Waals surface area contributed by atoms with Crippen LogP contribution in [0.5, 0.6) is 0 Å². The predicted molar refractivity (Wildman–Crippen MR) is 124 cm³/mol. The number of benzene rings is 2. The normalized spacial score (nSPS) is 17.8. The molecule has 1 aromatic heterocycles. The molecule has 11 heteroatoms. The van der Waals surface area contributed by atoms with Crippen LogP contribution >= 0.6 is 35.0 Å². The van der Waals surface area contributed by atoms with Crippen LogP contribution in [0.15, 0.2) is 69.2 Å². The molecule has 170 valence electrons. The van der Waals surface area contributed by atoms with Crippen LogP contribution in [0.25, 0.3) is 11.3 Å². The van der Waals surface area contributed by atoms with Crippen LogP contribution in [0.2, 0.25) is 10.0 Å². The summed E-state index contributed by atoms with van der Waals surface area (Å²) in [7, 11) is 0. The standard InChI is InChI=1S/C22H14Cl2F3N3O2S/c23-16-6-4-12(8-17(16)24)9-19-20(31)29-21(33-19)30-28-11-15-5-7-18(32-15)13-2-1-3-14(10-13)22(25,26)27/h1-8,10-11,19H,9H2,(H,29,30,31)/b28-11+. The predicted octanol–water partition coefficient (Wildman–Crippen LogP) is 6.44. The number of halogens is 5. The van der Waals surface area contributed by atoms with Crippen molar-refractivity contribution in [3.8, 4) is 11.3 Å². The lowest BCUT2D eigenvalue weighted by molar-refractivity contribution is -0.137. The van der Waals surface area contributed by atoms with E-state index in [1.165, 1.54) is 30.1 Å². The van der Waals surface area contributed by atoms with Gasteiger partial charge in [-0.1, -0.05) is 53.2 Å². The quantitative estimate of drug-likeness (QED) is 0.316. The molecule has 3 aromatic rings. The fourth-order valence-corrected chi connectivity index (χ4v) is 4.32. The number of carbonyl (C=O) groups is 1. The number of hydrogen-bond acceptors (Lipinski definition) is 5. The first-order valence-corrected chi connectivity index (χ1v) is 11.1. The number of nitrogens with zero attached hydrogens (tertiary/aromatic N) is 2. The molecule has 0 spiro atoms. The highest BCUT2D eigenvalue weighted by molar-refractivity contribution is 8.15. The van der Waals surface area contributed by atoms with E-state index in [4.69, 9.17) is 27.6 Å². The molecular weight excluding hydrogens is 498 g/mol. The molecule has 1 aliphatic heterocycles. The second-order valence-corrected chi connectivity index (χ2v) is 8.98. The first-order chi connectivity index (χ1) is 15.7. The van der Waals surface area contributed by atoms with E-state index in [2.05, 4.69) is 15.5 Å². The highest BCUT2D eigenvalue weighted by Gasteiger charge is 2.31. The van der Waals surface area contributed by atoms with Crippen molar-refractivity contribution in [1.29, 1.82) is 0 Å². The van der Waals surface area contributed by atoms with Gasteiger partial charge in [-0.05, 0) is 48.4 Å². The Bertz CT molecular complexity index is 1260. The molecule has 0 radical (unpaired) electrons. The van der Waals surface area contributed by atoms with E-state index in [9.17, 15) is 18.0 Å². The number of alkyl halides is 3. The largest absolute Gasteiger partial charge is 0.455 e. The summed E-state index contributed by atoms with van der Waals surface area (Å²) >= 11 is 13.2. The Hall–Kier alpha value is -2.75. The van der Waals surface area contributed by atoms with E-state index >= 15 is 0 Å². The first-order valence-electron chi connectivity index (χ1n) is 9.49. The number of furan rings is 1. The summed E-state index contributed by atoms with van der Waals surface area (Å²) in [5.74, 6) is 0.360. The van der Waals surface area contributed by atoms with Crippen LogP contribution in [0.3, 0.4) is 0 Å². The maximum absolute atomic E-state index is 12.9. The average Bonchev–Trinajstić information content (AvgIpc) is 3.37. The number of rotatable bonds is 5. The lowest BCUT2D eigenvalue weighted by Gasteiger charge is -2.07.